The van der Waals surface area contributed by atoms with E-state index in [4.69, 9.17) is 48.9 Å². The third kappa shape index (κ3) is 8.40. The number of amides is 4. The molecule has 12 aromatic rings. The van der Waals surface area contributed by atoms with Crippen molar-refractivity contribution in [1.29, 1.82) is 0 Å². The summed E-state index contributed by atoms with van der Waals surface area (Å²) in [7, 11) is 6.47. The van der Waals surface area contributed by atoms with Gasteiger partial charge in [0.05, 0.1) is 88.4 Å². The van der Waals surface area contributed by atoms with Crippen LogP contribution >= 0.6 is 0 Å². The Morgan fingerprint density at radius 2 is 0.649 bits per heavy atom. The number of nitrogens with zero attached hydrogens (tertiary/aromatic N) is 10. The number of carbonyl (C=O) groups excluding carboxylic acids is 2. The van der Waals surface area contributed by atoms with Crippen molar-refractivity contribution in [3.8, 4) is 67.5 Å². The van der Waals surface area contributed by atoms with Crippen LogP contribution in [-0.2, 0) is 59.9 Å². The number of benzene rings is 8. The van der Waals surface area contributed by atoms with E-state index in [0.717, 1.165) is 66.7 Å². The molecule has 4 aromatic heterocycles. The molecule has 2 saturated heterocycles. The molecule has 8 bridgehead atoms. The second kappa shape index (κ2) is 22.8. The summed E-state index contributed by atoms with van der Waals surface area (Å²) in [6.07, 6.45) is 8.19. The number of aromatic nitrogens is 6. The van der Waals surface area contributed by atoms with Gasteiger partial charge in [-0.05, 0) is 80.9 Å². The molecular weight excluding hydrogens is 1390 g/mol. The average Bonchev–Trinajstić information content (AvgIpc) is 1.47. The van der Waals surface area contributed by atoms with Crippen molar-refractivity contribution in [3.63, 3.8) is 0 Å². The summed E-state index contributed by atoms with van der Waals surface area (Å²) in [5.41, 5.74) is 14.6. The van der Waals surface area contributed by atoms with E-state index in [9.17, 15) is 0 Å². The van der Waals surface area contributed by atoms with Crippen LogP contribution in [-0.4, -0.2) is 80.0 Å². The minimum atomic E-state index is -1.55. The Balaban J connectivity index is 0.00000709. The van der Waals surface area contributed by atoms with Crippen LogP contribution in [0.2, 0.25) is 0 Å². The second-order valence-corrected chi connectivity index (χ2v) is 24.5. The van der Waals surface area contributed by atoms with Gasteiger partial charge < -0.3 is 28.9 Å². The van der Waals surface area contributed by atoms with Crippen LogP contribution in [0.25, 0.3) is 113 Å². The van der Waals surface area contributed by atoms with E-state index < -0.39 is 11.3 Å². The van der Waals surface area contributed by atoms with Crippen LogP contribution in [0.4, 0.5) is 9.59 Å². The zero-order chi connectivity index (χ0) is 64.6. The molecule has 0 aliphatic carbocycles. The van der Waals surface area contributed by atoms with Gasteiger partial charge in [-0.1, -0.05) is 205 Å². The molecule has 17 heteroatoms. The predicted molar refractivity (Wildman–Crippen MR) is 371 cm³/mol. The van der Waals surface area contributed by atoms with E-state index in [0.29, 0.717) is 101 Å². The van der Waals surface area contributed by atoms with Gasteiger partial charge in [0.25, 0.3) is 0 Å². The van der Waals surface area contributed by atoms with Crippen molar-refractivity contribution in [2.24, 2.45) is 0 Å². The zero-order valence-corrected chi connectivity index (χ0v) is 55.2. The van der Waals surface area contributed by atoms with Crippen molar-refractivity contribution >= 4 is 80.5 Å². The van der Waals surface area contributed by atoms with E-state index in [1.54, 1.807) is 28.4 Å². The fourth-order valence-electron chi connectivity index (χ4n) is 16.0. The Kier molecular flexibility index (Phi) is 13.9. The van der Waals surface area contributed by atoms with E-state index in [2.05, 4.69) is 72.8 Å². The Bertz CT molecular complexity index is 5210. The van der Waals surface area contributed by atoms with Crippen LogP contribution in [0, 0.1) is 0 Å². The first-order valence-corrected chi connectivity index (χ1v) is 31.9. The molecule has 6 aliphatic rings. The molecule has 0 atom stereocenters. The summed E-state index contributed by atoms with van der Waals surface area (Å²) in [4.78, 5) is 75.1. The molecule has 97 heavy (non-hydrogen) atoms. The van der Waals surface area contributed by atoms with E-state index >= 15 is 9.59 Å². The number of ether oxygens (including phenoxy) is 4. The van der Waals surface area contributed by atoms with Crippen molar-refractivity contribution in [2.75, 3.05) is 28.4 Å². The molecule has 6 aliphatic heterocycles. The summed E-state index contributed by atoms with van der Waals surface area (Å²) in [5.74, 6) is 1.85. The van der Waals surface area contributed by atoms with Gasteiger partial charge in [0.1, 0.15) is 22.5 Å². The SMILES string of the molecule is COc1ccc(OC)c2c1CN1C(=O)N3Cc4c(c(OC)c5nc6c7[n-]c(c(-c8ccccc8)c8nc(c(-c9ccccc9)c9ccc([n-]9)c(-c9ccccc9)c9nc(c7-c7ccccc7)C=C9)C=C8)c6nc5c4OC)CN4C(=O)N(C2)C1(c1ccccc1)C34c1ccccc1.[Au]. The molecule has 2 fully saturated rings. The Morgan fingerprint density at radius 1 is 0.340 bits per heavy atom. The largest absolute Gasteiger partial charge is 0.657 e. The van der Waals surface area contributed by atoms with E-state index in [1.165, 1.54) is 0 Å². The second-order valence-electron chi connectivity index (χ2n) is 24.5. The number of fused-ring (bicyclic) bond motifs is 14. The van der Waals surface area contributed by atoms with Gasteiger partial charge in [-0.15, -0.1) is 11.0 Å². The van der Waals surface area contributed by atoms with Gasteiger partial charge in [0, 0.05) is 55.8 Å². The molecule has 1 radical (unpaired) electrons. The molecule has 16 nitrogen and oxygen atoms in total. The van der Waals surface area contributed by atoms with Crippen LogP contribution in [0.3, 0.4) is 0 Å². The summed E-state index contributed by atoms with van der Waals surface area (Å²) in [6, 6.07) is 67.8. The first-order valence-electron chi connectivity index (χ1n) is 31.9. The van der Waals surface area contributed by atoms with Crippen LogP contribution in [0.1, 0.15) is 56.2 Å². The topological polar surface area (TPSA) is 164 Å². The van der Waals surface area contributed by atoms with Crippen molar-refractivity contribution < 1.29 is 50.9 Å². The summed E-state index contributed by atoms with van der Waals surface area (Å²) < 4.78 is 25.8. The minimum absolute atomic E-state index is 0. The van der Waals surface area contributed by atoms with Crippen LogP contribution in [0.15, 0.2) is 206 Å². The molecule has 18 rings (SSSR count). The number of rotatable bonds is 10. The van der Waals surface area contributed by atoms with Crippen molar-refractivity contribution in [3.05, 3.63) is 262 Å². The number of urea groups is 2. The fraction of sp³-hybridized carbons (Fsp3) is 0.125. The Morgan fingerprint density at radius 3 is 0.979 bits per heavy atom. The van der Waals surface area contributed by atoms with Crippen LogP contribution < -0.4 is 28.9 Å². The maximum absolute atomic E-state index is 16.7. The smallest absolute Gasteiger partial charge is 0.325 e. The quantitative estimate of drug-likeness (QED) is 0.119. The summed E-state index contributed by atoms with van der Waals surface area (Å²) in [5, 5.41) is 0. The van der Waals surface area contributed by atoms with Gasteiger partial charge in [-0.3, -0.25) is 19.6 Å². The van der Waals surface area contributed by atoms with Crippen LogP contribution in [0.5, 0.6) is 23.0 Å². The van der Waals surface area contributed by atoms with E-state index in [-0.39, 0.29) is 60.6 Å². The van der Waals surface area contributed by atoms with Crippen molar-refractivity contribution in [2.45, 2.75) is 37.5 Å². The fourth-order valence-corrected chi connectivity index (χ4v) is 16.0. The van der Waals surface area contributed by atoms with Gasteiger partial charge in [0.2, 0.25) is 0 Å². The standard InChI is InChI=1S/C80H58N10O6.Au/c1-93-63-41-42-64(94-2)54-44-88-78(92)90-46-56-55(45-89-77(91)87(43-53(54)63)79(88,51-31-19-9-20-32-51)80(89,90)52-33-21-10-22-34-52)75(95-3)73-74(76(56)96-4)86-72-70-68(50-29-17-8-18-30-50)62-40-38-60(83-62)66(48-25-13-6-14-26-48)58-36-35-57(81-58)65(47-23-11-5-12-24-47)59-37-39-61(82-59)67(49-27-15-7-16-28-49)69(84-70)71(72)85-73;/h5-42H,43-46H2,1-4H3;/q-2;. The minimum Gasteiger partial charge on any atom is -0.657 e. The zero-order valence-electron chi connectivity index (χ0n) is 53.0. The summed E-state index contributed by atoms with van der Waals surface area (Å²) >= 11 is 0. The maximum atomic E-state index is 16.7. The van der Waals surface area contributed by atoms with Gasteiger partial charge in [-0.2, -0.15) is 0 Å². The molecule has 0 unspecified atom stereocenters. The molecule has 10 heterocycles. The van der Waals surface area contributed by atoms with Gasteiger partial charge in [-0.25, -0.2) is 29.5 Å². The first-order chi connectivity index (χ1) is 47.3. The number of hydrogen-bond donors (Lipinski definition) is 0. The normalized spacial score (nSPS) is 17.2. The molecule has 0 saturated carbocycles. The maximum Gasteiger partial charge on any atom is 0.325 e. The van der Waals surface area contributed by atoms with Crippen molar-refractivity contribution in [1.82, 2.24) is 49.5 Å². The predicted octanol–water partition coefficient (Wildman–Crippen LogP) is 15.6. The number of methoxy groups -OCH3 is 4. The average molecular weight is 1450 g/mol. The number of hydrogen-bond acceptors (Lipinski definition) is 10. The Labute approximate surface area is 573 Å². The molecule has 0 spiro atoms. The molecular formula is C80H58AuN10O6-2. The molecule has 477 valence electrons. The monoisotopic (exact) mass is 1450 g/mol. The van der Waals surface area contributed by atoms with E-state index in [1.807, 2.05) is 177 Å². The summed E-state index contributed by atoms with van der Waals surface area (Å²) in [6.45, 7) is 0.0345. The first kappa shape index (κ1) is 59.2. The van der Waals surface area contributed by atoms with Gasteiger partial charge in [0.15, 0.2) is 22.8 Å². The number of carbonyl (C=O) groups is 2. The third-order valence-electron chi connectivity index (χ3n) is 19.9. The molecule has 0 N–H and O–H groups in total. The molecule has 4 amide bonds. The Hall–Kier alpha value is -11.6. The third-order valence-corrected chi connectivity index (χ3v) is 19.9. The van der Waals surface area contributed by atoms with Gasteiger partial charge >= 0.3 is 12.1 Å². The molecule has 8 aromatic carbocycles.